The average Bonchev–Trinajstić information content (AvgIpc) is 3.47. The summed E-state index contributed by atoms with van der Waals surface area (Å²) in [5, 5.41) is 0. The van der Waals surface area contributed by atoms with Crippen molar-refractivity contribution >= 4 is 17.9 Å². The van der Waals surface area contributed by atoms with Gasteiger partial charge < -0.3 is 14.2 Å². The normalized spacial score (nSPS) is 12.8. The number of hydrogen-bond acceptors (Lipinski definition) is 6. The van der Waals surface area contributed by atoms with E-state index < -0.39 is 6.10 Å². The Hall–Kier alpha value is -3.93. The highest BCUT2D eigenvalue weighted by molar-refractivity contribution is 5.71. The van der Waals surface area contributed by atoms with Crippen LogP contribution >= 0.6 is 0 Å². The number of carbonyl (C=O) groups excluding carboxylic acids is 3. The van der Waals surface area contributed by atoms with E-state index in [1.165, 1.54) is 173 Å². The van der Waals surface area contributed by atoms with Crippen LogP contribution in [-0.4, -0.2) is 37.2 Å². The lowest BCUT2D eigenvalue weighted by Gasteiger charge is -2.18. The molecule has 0 spiro atoms. The van der Waals surface area contributed by atoms with Gasteiger partial charge in [0.2, 0.25) is 0 Å². The second-order valence-electron chi connectivity index (χ2n) is 22.7. The van der Waals surface area contributed by atoms with Gasteiger partial charge in [-0.1, -0.05) is 297 Å². The Bertz CT molecular complexity index is 1620. The van der Waals surface area contributed by atoms with Crippen molar-refractivity contribution in [1.29, 1.82) is 0 Å². The van der Waals surface area contributed by atoms with Crippen LogP contribution in [0.3, 0.4) is 0 Å². The number of ether oxygens (including phenoxy) is 3. The number of allylic oxidation sites excluding steroid dienone is 18. The van der Waals surface area contributed by atoms with Crippen molar-refractivity contribution < 1.29 is 28.6 Å². The third-order valence-corrected chi connectivity index (χ3v) is 14.7. The number of rotatable bonds is 62. The van der Waals surface area contributed by atoms with Crippen molar-refractivity contribution in [3.8, 4) is 0 Å². The van der Waals surface area contributed by atoms with Crippen molar-refractivity contribution in [1.82, 2.24) is 0 Å². The van der Waals surface area contributed by atoms with Gasteiger partial charge in [0.1, 0.15) is 13.2 Å². The third kappa shape index (κ3) is 66.8. The van der Waals surface area contributed by atoms with E-state index in [2.05, 4.69) is 130 Å². The summed E-state index contributed by atoms with van der Waals surface area (Å²) in [5.74, 6) is -0.884. The van der Waals surface area contributed by atoms with E-state index in [0.29, 0.717) is 19.3 Å². The Morgan fingerprint density at radius 2 is 0.481 bits per heavy atom. The smallest absolute Gasteiger partial charge is 0.306 e. The monoisotopic (exact) mass is 1120 g/mol. The van der Waals surface area contributed by atoms with Crippen molar-refractivity contribution in [3.63, 3.8) is 0 Å². The van der Waals surface area contributed by atoms with E-state index in [1.807, 2.05) is 0 Å². The van der Waals surface area contributed by atoms with E-state index in [9.17, 15) is 14.4 Å². The molecule has 0 aliphatic rings. The maximum atomic E-state index is 13.0. The van der Waals surface area contributed by atoms with Crippen molar-refractivity contribution in [3.05, 3.63) is 109 Å². The standard InChI is InChI=1S/C75H128O6/c1-4-7-10-13-16-19-22-25-28-31-34-36-37-39-41-44-47-50-53-56-59-62-65-68-74(77)80-71-72(70-79-73(76)67-64-61-58-55-52-49-46-43-40-33-30-27-24-21-18-15-12-9-6-3)81-75(78)69-66-63-60-57-54-51-48-45-42-38-35-32-29-26-23-20-17-14-11-8-5-2/h7-8,10-11,16-17,19-20,25-30,34-36,38,72H,4-6,9,12-15,18,21-24,31-33,37,39-71H2,1-3H3/b10-7-,11-8-,19-16-,20-17-,28-25-,29-26-,30-27-,36-34-,38-35-. The Kier molecular flexibility index (Phi) is 65.2. The van der Waals surface area contributed by atoms with Crippen LogP contribution in [0.5, 0.6) is 0 Å². The summed E-state index contributed by atoms with van der Waals surface area (Å²) in [6.45, 7) is 6.44. The predicted molar refractivity (Wildman–Crippen MR) is 353 cm³/mol. The molecular weight excluding hydrogens is 997 g/mol. The number of hydrogen-bond donors (Lipinski definition) is 0. The van der Waals surface area contributed by atoms with Gasteiger partial charge in [0.05, 0.1) is 0 Å². The first-order valence-electron chi connectivity index (χ1n) is 34.4. The van der Waals surface area contributed by atoms with Crippen LogP contribution in [0.4, 0.5) is 0 Å². The molecule has 0 aliphatic carbocycles. The summed E-state index contributed by atoms with van der Waals surface area (Å²) in [7, 11) is 0. The zero-order chi connectivity index (χ0) is 58.5. The van der Waals surface area contributed by atoms with Gasteiger partial charge in [0, 0.05) is 19.3 Å². The molecule has 464 valence electrons. The highest BCUT2D eigenvalue weighted by Crippen LogP contribution is 2.17. The van der Waals surface area contributed by atoms with Crippen LogP contribution in [0.1, 0.15) is 329 Å². The number of carbonyl (C=O) groups is 3. The predicted octanol–water partition coefficient (Wildman–Crippen LogP) is 23.8. The van der Waals surface area contributed by atoms with Gasteiger partial charge >= 0.3 is 17.9 Å². The van der Waals surface area contributed by atoms with E-state index in [1.54, 1.807) is 0 Å². The van der Waals surface area contributed by atoms with Gasteiger partial charge in [0.25, 0.3) is 0 Å². The van der Waals surface area contributed by atoms with Gasteiger partial charge in [-0.2, -0.15) is 0 Å². The molecule has 0 bridgehead atoms. The summed E-state index contributed by atoms with van der Waals surface area (Å²) in [4.78, 5) is 38.5. The van der Waals surface area contributed by atoms with Gasteiger partial charge in [-0.3, -0.25) is 14.4 Å². The fraction of sp³-hybridized carbons (Fsp3) is 0.720. The molecule has 6 heteroatoms. The van der Waals surface area contributed by atoms with Crippen LogP contribution < -0.4 is 0 Å². The van der Waals surface area contributed by atoms with E-state index in [-0.39, 0.29) is 31.1 Å². The molecule has 1 atom stereocenters. The molecule has 0 aromatic carbocycles. The highest BCUT2D eigenvalue weighted by atomic mass is 16.6. The molecule has 81 heavy (non-hydrogen) atoms. The Labute approximate surface area is 501 Å². The lowest BCUT2D eigenvalue weighted by molar-refractivity contribution is -0.167. The second kappa shape index (κ2) is 68.6. The molecule has 0 saturated heterocycles. The summed E-state index contributed by atoms with van der Waals surface area (Å²) in [5.41, 5.74) is 0. The molecule has 0 N–H and O–H groups in total. The van der Waals surface area contributed by atoms with Crippen LogP contribution in [0.2, 0.25) is 0 Å². The molecule has 0 aromatic rings. The van der Waals surface area contributed by atoms with Gasteiger partial charge in [-0.25, -0.2) is 0 Å². The second-order valence-corrected chi connectivity index (χ2v) is 22.7. The third-order valence-electron chi connectivity index (χ3n) is 14.7. The average molecular weight is 1130 g/mol. The minimum absolute atomic E-state index is 0.0830. The lowest BCUT2D eigenvalue weighted by atomic mass is 10.1. The lowest BCUT2D eigenvalue weighted by Crippen LogP contribution is -2.30. The molecule has 0 aliphatic heterocycles. The SMILES string of the molecule is CC/C=C\C/C=C\C/C=C\C/C=C\CCCCCCCCCCCCC(=O)OCC(COC(=O)CCCCCCCCCCC/C=C\CCCCCCCC)OC(=O)CCCCCCCCCC/C=C\C/C=C\C/C=C\C/C=C\CC. The topological polar surface area (TPSA) is 78.9 Å². The molecule has 0 amide bonds. The minimum atomic E-state index is -0.789. The fourth-order valence-electron chi connectivity index (χ4n) is 9.66. The van der Waals surface area contributed by atoms with Crippen LogP contribution in [-0.2, 0) is 28.6 Å². The molecule has 0 heterocycles. The van der Waals surface area contributed by atoms with Gasteiger partial charge in [-0.05, 0) is 122 Å². The first kappa shape index (κ1) is 77.1. The van der Waals surface area contributed by atoms with Gasteiger partial charge in [0.15, 0.2) is 6.10 Å². The molecule has 0 saturated carbocycles. The molecule has 0 radical (unpaired) electrons. The fourth-order valence-corrected chi connectivity index (χ4v) is 9.66. The molecular formula is C75H128O6. The van der Waals surface area contributed by atoms with Gasteiger partial charge in [-0.15, -0.1) is 0 Å². The molecule has 1 unspecified atom stereocenters. The molecule has 6 nitrogen and oxygen atoms in total. The highest BCUT2D eigenvalue weighted by Gasteiger charge is 2.19. The van der Waals surface area contributed by atoms with Crippen molar-refractivity contribution in [2.45, 2.75) is 335 Å². The Morgan fingerprint density at radius 1 is 0.259 bits per heavy atom. The summed E-state index contributed by atoms with van der Waals surface area (Å²) < 4.78 is 17.0. The maximum absolute atomic E-state index is 13.0. The molecule has 0 rings (SSSR count). The maximum Gasteiger partial charge on any atom is 0.306 e. The number of unbranched alkanes of at least 4 members (excludes halogenated alkanes) is 33. The summed E-state index contributed by atoms with van der Waals surface area (Å²) in [6.07, 6.45) is 93.8. The molecule has 0 aromatic heterocycles. The zero-order valence-corrected chi connectivity index (χ0v) is 53.3. The van der Waals surface area contributed by atoms with Crippen LogP contribution in [0.25, 0.3) is 0 Å². The van der Waals surface area contributed by atoms with E-state index in [4.69, 9.17) is 14.2 Å². The zero-order valence-electron chi connectivity index (χ0n) is 53.3. The first-order chi connectivity index (χ1) is 40.0. The van der Waals surface area contributed by atoms with E-state index in [0.717, 1.165) is 116 Å². The van der Waals surface area contributed by atoms with Crippen molar-refractivity contribution in [2.75, 3.05) is 13.2 Å². The largest absolute Gasteiger partial charge is 0.462 e. The summed E-state index contributed by atoms with van der Waals surface area (Å²) >= 11 is 0. The Morgan fingerprint density at radius 3 is 0.765 bits per heavy atom. The quantitative estimate of drug-likeness (QED) is 0.0261. The minimum Gasteiger partial charge on any atom is -0.462 e. The van der Waals surface area contributed by atoms with Crippen LogP contribution in [0.15, 0.2) is 109 Å². The molecule has 0 fully saturated rings. The first-order valence-corrected chi connectivity index (χ1v) is 34.4. The van der Waals surface area contributed by atoms with Crippen molar-refractivity contribution in [2.24, 2.45) is 0 Å². The van der Waals surface area contributed by atoms with E-state index >= 15 is 0 Å². The summed E-state index contributed by atoms with van der Waals surface area (Å²) in [6, 6.07) is 0. The Balaban J connectivity index is 4.40. The number of esters is 3. The van der Waals surface area contributed by atoms with Crippen LogP contribution in [0, 0.1) is 0 Å².